The third-order valence-electron chi connectivity index (χ3n) is 6.71. The van der Waals surface area contributed by atoms with Gasteiger partial charge in [-0.25, -0.2) is 4.57 Å². The van der Waals surface area contributed by atoms with Crippen LogP contribution in [0.4, 0.5) is 0 Å². The predicted molar refractivity (Wildman–Crippen MR) is 108 cm³/mol. The number of nitrogens with zero attached hydrogens (tertiary/aromatic N) is 2. The summed E-state index contributed by atoms with van der Waals surface area (Å²) in [6, 6.07) is 16.0. The van der Waals surface area contributed by atoms with Crippen molar-refractivity contribution in [3.05, 3.63) is 71.5 Å². The van der Waals surface area contributed by atoms with Crippen LogP contribution in [0.5, 0.6) is 0 Å². The van der Waals surface area contributed by atoms with Crippen molar-refractivity contribution in [2.45, 2.75) is 58.9 Å². The summed E-state index contributed by atoms with van der Waals surface area (Å²) in [4.78, 5) is 0. The van der Waals surface area contributed by atoms with Crippen LogP contribution in [0.25, 0.3) is 17.1 Å². The summed E-state index contributed by atoms with van der Waals surface area (Å²) in [6.07, 6.45) is 6.84. The van der Waals surface area contributed by atoms with Crippen LogP contribution in [0.15, 0.2) is 54.9 Å². The van der Waals surface area contributed by atoms with Crippen LogP contribution in [-0.4, -0.2) is 4.57 Å². The molecule has 1 unspecified atom stereocenters. The van der Waals surface area contributed by atoms with Crippen LogP contribution in [0.3, 0.4) is 0 Å². The molecular weight excluding hydrogens is 316 g/mol. The molecule has 1 aromatic heterocycles. The summed E-state index contributed by atoms with van der Waals surface area (Å²) >= 11 is 0. The average Bonchev–Trinajstić information content (AvgIpc) is 3.08. The van der Waals surface area contributed by atoms with E-state index in [0.29, 0.717) is 6.04 Å². The molecule has 0 N–H and O–H groups in total. The zero-order valence-corrected chi connectivity index (χ0v) is 16.6. The molecule has 0 saturated carbocycles. The highest BCUT2D eigenvalue weighted by molar-refractivity contribution is 5.65. The lowest BCUT2D eigenvalue weighted by molar-refractivity contribution is -0.720. The number of imidazole rings is 1. The van der Waals surface area contributed by atoms with Crippen molar-refractivity contribution >= 4 is 0 Å². The first-order valence-corrected chi connectivity index (χ1v) is 9.84. The Morgan fingerprint density at radius 2 is 1.62 bits per heavy atom. The van der Waals surface area contributed by atoms with Gasteiger partial charge in [0, 0.05) is 5.41 Å². The SMILES string of the molecule is CCC1(CC)c2ccccc2-c2n(-c3c(C)cccc3C)cc[n+]2C1C. The minimum absolute atomic E-state index is 0.196. The topological polar surface area (TPSA) is 8.81 Å². The molecule has 1 aliphatic rings. The fourth-order valence-electron chi connectivity index (χ4n) is 5.18. The third-order valence-corrected chi connectivity index (χ3v) is 6.71. The van der Waals surface area contributed by atoms with Crippen LogP contribution in [0.1, 0.15) is 56.3 Å². The van der Waals surface area contributed by atoms with Gasteiger partial charge in [0.25, 0.3) is 5.82 Å². The molecule has 1 aliphatic heterocycles. The van der Waals surface area contributed by atoms with E-state index in [0.717, 1.165) is 12.8 Å². The molecule has 1 atom stereocenters. The molecule has 2 nitrogen and oxygen atoms in total. The monoisotopic (exact) mass is 345 g/mol. The fourth-order valence-corrected chi connectivity index (χ4v) is 5.18. The summed E-state index contributed by atoms with van der Waals surface area (Å²) < 4.78 is 4.90. The van der Waals surface area contributed by atoms with Crippen molar-refractivity contribution < 1.29 is 4.57 Å². The van der Waals surface area contributed by atoms with Crippen LogP contribution >= 0.6 is 0 Å². The Hall–Kier alpha value is -2.35. The quantitative estimate of drug-likeness (QED) is 0.540. The first-order valence-electron chi connectivity index (χ1n) is 9.84. The number of hydrogen-bond acceptors (Lipinski definition) is 0. The lowest BCUT2D eigenvalue weighted by Crippen LogP contribution is -2.53. The summed E-state index contributed by atoms with van der Waals surface area (Å²) in [5, 5.41) is 0. The smallest absolute Gasteiger partial charge is 0.226 e. The normalized spacial score (nSPS) is 17.7. The maximum Gasteiger partial charge on any atom is 0.294 e. The molecule has 2 heteroatoms. The second-order valence-electron chi connectivity index (χ2n) is 7.72. The molecule has 3 aromatic rings. The van der Waals surface area contributed by atoms with Gasteiger partial charge in [0.2, 0.25) is 0 Å². The number of fused-ring (bicyclic) bond motifs is 3. The standard InChI is InChI=1S/C24H29N2/c1-6-24(7-2)19(5)25-15-16-26(22-17(3)11-10-12-18(22)4)23(25)20-13-8-9-14-21(20)24/h8-16,19H,6-7H2,1-5H3/q+1. The lowest BCUT2D eigenvalue weighted by atomic mass is 9.67. The van der Waals surface area contributed by atoms with Crippen molar-refractivity contribution in [3.63, 3.8) is 0 Å². The van der Waals surface area contributed by atoms with E-state index in [4.69, 9.17) is 0 Å². The van der Waals surface area contributed by atoms with Crippen LogP contribution in [0, 0.1) is 13.8 Å². The van der Waals surface area contributed by atoms with Gasteiger partial charge in [-0.2, -0.15) is 4.57 Å². The molecule has 0 spiro atoms. The molecule has 0 aliphatic carbocycles. The van der Waals surface area contributed by atoms with Crippen molar-refractivity contribution in [2.75, 3.05) is 0 Å². The number of para-hydroxylation sites is 1. The van der Waals surface area contributed by atoms with Gasteiger partial charge < -0.3 is 0 Å². The maximum absolute atomic E-state index is 2.50. The number of hydrogen-bond donors (Lipinski definition) is 0. The highest BCUT2D eigenvalue weighted by atomic mass is 15.2. The van der Waals surface area contributed by atoms with E-state index in [-0.39, 0.29) is 5.41 Å². The minimum Gasteiger partial charge on any atom is -0.226 e. The van der Waals surface area contributed by atoms with Gasteiger partial charge in [0.15, 0.2) is 0 Å². The maximum atomic E-state index is 2.50. The van der Waals surface area contributed by atoms with E-state index in [1.165, 1.54) is 33.8 Å². The van der Waals surface area contributed by atoms with Crippen molar-refractivity contribution in [3.8, 4) is 17.1 Å². The van der Waals surface area contributed by atoms with Crippen molar-refractivity contribution in [1.82, 2.24) is 4.57 Å². The fraction of sp³-hybridized carbons (Fsp3) is 0.375. The van der Waals surface area contributed by atoms with Crippen LogP contribution < -0.4 is 4.57 Å². The summed E-state index contributed by atoms with van der Waals surface area (Å²) in [5.74, 6) is 1.31. The molecule has 0 saturated heterocycles. The molecular formula is C24H29N2+. The minimum atomic E-state index is 0.196. The number of benzene rings is 2. The lowest BCUT2D eigenvalue weighted by Gasteiger charge is -2.40. The molecule has 0 bridgehead atoms. The number of aromatic nitrogens is 2. The summed E-state index contributed by atoms with van der Waals surface area (Å²) in [5.41, 5.74) is 7.02. The van der Waals surface area contributed by atoms with Gasteiger partial charge in [0.1, 0.15) is 24.1 Å². The molecule has 2 heterocycles. The van der Waals surface area contributed by atoms with E-state index in [2.05, 4.69) is 98.6 Å². The third kappa shape index (κ3) is 2.14. The van der Waals surface area contributed by atoms with Crippen LogP contribution in [0.2, 0.25) is 0 Å². The second-order valence-corrected chi connectivity index (χ2v) is 7.72. The Balaban J connectivity index is 2.05. The van der Waals surface area contributed by atoms with Gasteiger partial charge in [0.05, 0.1) is 5.56 Å². The van der Waals surface area contributed by atoms with Gasteiger partial charge >= 0.3 is 0 Å². The molecule has 0 fully saturated rings. The van der Waals surface area contributed by atoms with Gasteiger partial charge in [-0.3, -0.25) is 0 Å². The average molecular weight is 346 g/mol. The van der Waals surface area contributed by atoms with E-state index >= 15 is 0 Å². The summed E-state index contributed by atoms with van der Waals surface area (Å²) in [6.45, 7) is 11.5. The second kappa shape index (κ2) is 6.12. The Kier molecular flexibility index (Phi) is 4.02. The Bertz CT molecular complexity index is 940. The number of aryl methyl sites for hydroxylation is 2. The summed E-state index contributed by atoms with van der Waals surface area (Å²) in [7, 11) is 0. The number of rotatable bonds is 3. The Morgan fingerprint density at radius 3 is 2.27 bits per heavy atom. The highest BCUT2D eigenvalue weighted by Crippen LogP contribution is 2.47. The Labute approximate surface area is 157 Å². The van der Waals surface area contributed by atoms with Gasteiger partial charge in [-0.15, -0.1) is 0 Å². The molecule has 4 rings (SSSR count). The zero-order chi connectivity index (χ0) is 18.5. The Morgan fingerprint density at radius 1 is 0.962 bits per heavy atom. The van der Waals surface area contributed by atoms with E-state index in [9.17, 15) is 0 Å². The molecule has 2 aromatic carbocycles. The van der Waals surface area contributed by atoms with Crippen LogP contribution in [-0.2, 0) is 5.41 Å². The van der Waals surface area contributed by atoms with E-state index < -0.39 is 0 Å². The molecule has 0 radical (unpaired) electrons. The van der Waals surface area contributed by atoms with E-state index in [1.807, 2.05) is 0 Å². The largest absolute Gasteiger partial charge is 0.294 e. The van der Waals surface area contributed by atoms with Crippen molar-refractivity contribution in [2.24, 2.45) is 0 Å². The van der Waals surface area contributed by atoms with Crippen molar-refractivity contribution in [1.29, 1.82) is 0 Å². The molecule has 0 amide bonds. The van der Waals surface area contributed by atoms with E-state index in [1.54, 1.807) is 0 Å². The molecule has 26 heavy (non-hydrogen) atoms. The predicted octanol–water partition coefficient (Wildman–Crippen LogP) is 5.68. The molecule has 134 valence electrons. The van der Waals surface area contributed by atoms with Gasteiger partial charge in [-0.1, -0.05) is 50.2 Å². The first-order chi connectivity index (χ1) is 12.5. The van der Waals surface area contributed by atoms with Gasteiger partial charge in [-0.05, 0) is 56.4 Å². The first kappa shape index (κ1) is 17.1. The highest BCUT2D eigenvalue weighted by Gasteiger charge is 2.47. The zero-order valence-electron chi connectivity index (χ0n) is 16.6.